The van der Waals surface area contributed by atoms with Crippen LogP contribution in [0.3, 0.4) is 0 Å². The molecule has 0 bridgehead atoms. The Hall–Kier alpha value is -7.26. The molecule has 10 aromatic carbocycles. The zero-order chi connectivity index (χ0) is 45.8. The number of halogens is 9. The molecule has 67 heavy (non-hydrogen) atoms. The van der Waals surface area contributed by atoms with Crippen molar-refractivity contribution in [3.8, 4) is 66.8 Å². The van der Waals surface area contributed by atoms with Gasteiger partial charge in [0.1, 0.15) is 0 Å². The molecule has 0 fully saturated rings. The summed E-state index contributed by atoms with van der Waals surface area (Å²) in [7, 11) is 0. The fourth-order valence-electron chi connectivity index (χ4n) is 12.3. The Morgan fingerprint density at radius 1 is 0.313 bits per heavy atom. The van der Waals surface area contributed by atoms with Crippen LogP contribution in [0, 0.1) is 6.92 Å². The van der Waals surface area contributed by atoms with Crippen LogP contribution in [0.4, 0.5) is 39.5 Å². The summed E-state index contributed by atoms with van der Waals surface area (Å²) in [6.45, 7) is 0.747. The standard InChI is InChI=1S/C56H27B2F9/c1-26-12-14-44-34(16-26)40-18-30(55(62,63)64)20-42-36-22-32(27-8-4-2-5-9-27)39-25-47-49-37(23-33(28-10-6-3-7-11-28)38-24-46(57(44)52(40)42)48(36)50(39)51(38)49)43-21-31(56(65,66)67)19-41-35-17-29(54(59,60)61)13-15-45(35)58(47)53(41)43/h2-25H,1H3. The van der Waals surface area contributed by atoms with E-state index >= 15 is 26.3 Å². The molecule has 11 heteroatoms. The molecule has 4 aliphatic rings. The lowest BCUT2D eigenvalue weighted by molar-refractivity contribution is -0.138. The van der Waals surface area contributed by atoms with Crippen molar-refractivity contribution in [2.45, 2.75) is 25.5 Å². The number of benzene rings is 10. The van der Waals surface area contributed by atoms with Crippen molar-refractivity contribution in [2.75, 3.05) is 0 Å². The second-order valence-corrected chi connectivity index (χ2v) is 18.4. The van der Waals surface area contributed by atoms with Crippen LogP contribution in [-0.4, -0.2) is 13.4 Å². The average Bonchev–Trinajstić information content (AvgIpc) is 3.81. The van der Waals surface area contributed by atoms with Crippen molar-refractivity contribution in [1.82, 2.24) is 0 Å². The van der Waals surface area contributed by atoms with Crippen molar-refractivity contribution >= 4 is 78.5 Å². The van der Waals surface area contributed by atoms with Gasteiger partial charge in [0, 0.05) is 0 Å². The maximum Gasteiger partial charge on any atom is 0.416 e. The van der Waals surface area contributed by atoms with Gasteiger partial charge in [0.05, 0.1) is 16.7 Å². The molecule has 0 unspecified atom stereocenters. The predicted octanol–water partition coefficient (Wildman–Crippen LogP) is 12.2. The van der Waals surface area contributed by atoms with Gasteiger partial charge in [-0.1, -0.05) is 141 Å². The minimum atomic E-state index is -4.83. The zero-order valence-electron chi connectivity index (χ0n) is 34.9. The molecule has 0 amide bonds. The minimum absolute atomic E-state index is 0.0951. The Balaban J connectivity index is 1.23. The highest BCUT2D eigenvalue weighted by Crippen LogP contribution is 2.52. The summed E-state index contributed by atoms with van der Waals surface area (Å²) >= 11 is 0. The number of rotatable bonds is 2. The lowest BCUT2D eigenvalue weighted by atomic mass is 9.34. The van der Waals surface area contributed by atoms with Gasteiger partial charge >= 0.3 is 18.5 Å². The Kier molecular flexibility index (Phi) is 7.32. The number of hydrogen-bond donors (Lipinski definition) is 0. The van der Waals surface area contributed by atoms with Crippen molar-refractivity contribution in [2.24, 2.45) is 0 Å². The highest BCUT2D eigenvalue weighted by atomic mass is 19.4. The maximum atomic E-state index is 15.1. The van der Waals surface area contributed by atoms with E-state index in [1.165, 1.54) is 18.2 Å². The van der Waals surface area contributed by atoms with Gasteiger partial charge < -0.3 is 0 Å². The maximum absolute atomic E-state index is 15.1. The third-order valence-corrected chi connectivity index (χ3v) is 14.9. The molecule has 0 atom stereocenters. The first-order valence-electron chi connectivity index (χ1n) is 21.8. The molecule has 4 heterocycles. The number of alkyl halides is 9. The Bertz CT molecular complexity index is 3850. The van der Waals surface area contributed by atoms with E-state index in [1.807, 2.05) is 97.9 Å². The van der Waals surface area contributed by atoms with Crippen molar-refractivity contribution in [1.29, 1.82) is 0 Å². The Labute approximate surface area is 376 Å². The summed E-state index contributed by atoms with van der Waals surface area (Å²) in [5.41, 5.74) is 8.92. The zero-order valence-corrected chi connectivity index (χ0v) is 34.9. The molecule has 0 N–H and O–H groups in total. The summed E-state index contributed by atoms with van der Waals surface area (Å²) < 4.78 is 134. The smallest absolute Gasteiger partial charge is 0.166 e. The normalized spacial score (nSPS) is 14.1. The van der Waals surface area contributed by atoms with E-state index in [9.17, 15) is 13.2 Å². The van der Waals surface area contributed by atoms with Crippen LogP contribution in [0.5, 0.6) is 0 Å². The van der Waals surface area contributed by atoms with Crippen molar-refractivity contribution in [3.63, 3.8) is 0 Å². The van der Waals surface area contributed by atoms with Crippen molar-refractivity contribution < 1.29 is 39.5 Å². The van der Waals surface area contributed by atoms with Gasteiger partial charge in [-0.25, -0.2) is 0 Å². The molecule has 4 aliphatic heterocycles. The van der Waals surface area contributed by atoms with E-state index in [4.69, 9.17) is 0 Å². The second-order valence-electron chi connectivity index (χ2n) is 18.4. The molecular formula is C56H27B2F9. The van der Waals surface area contributed by atoms with Crippen LogP contribution in [0.15, 0.2) is 146 Å². The Morgan fingerprint density at radius 3 is 1.13 bits per heavy atom. The molecule has 0 aromatic heterocycles. The first kappa shape index (κ1) is 39.0. The van der Waals surface area contributed by atoms with Gasteiger partial charge in [0.25, 0.3) is 0 Å². The van der Waals surface area contributed by atoms with Gasteiger partial charge in [0.2, 0.25) is 13.4 Å². The predicted molar refractivity (Wildman–Crippen MR) is 252 cm³/mol. The van der Waals surface area contributed by atoms with Crippen LogP contribution >= 0.6 is 0 Å². The van der Waals surface area contributed by atoms with Crippen LogP contribution in [0.2, 0.25) is 0 Å². The van der Waals surface area contributed by atoms with Crippen LogP contribution in [0.25, 0.3) is 99.1 Å². The molecule has 0 aliphatic carbocycles. The van der Waals surface area contributed by atoms with Crippen molar-refractivity contribution in [3.05, 3.63) is 168 Å². The quantitative estimate of drug-likeness (QED) is 0.0921. The summed E-state index contributed by atoms with van der Waals surface area (Å²) in [6, 6.07) is 41.2. The molecule has 0 saturated heterocycles. The number of hydrogen-bond acceptors (Lipinski definition) is 0. The third-order valence-electron chi connectivity index (χ3n) is 14.9. The van der Waals surface area contributed by atoms with E-state index < -0.39 is 48.6 Å². The Morgan fingerprint density at radius 2 is 0.701 bits per heavy atom. The molecule has 0 saturated carbocycles. The first-order chi connectivity index (χ1) is 32.0. The highest BCUT2D eigenvalue weighted by Gasteiger charge is 2.47. The van der Waals surface area contributed by atoms with Gasteiger partial charge in [-0.05, 0) is 148 Å². The molecule has 14 rings (SSSR count). The molecule has 10 aromatic rings. The largest absolute Gasteiger partial charge is 0.416 e. The number of fused-ring (bicyclic) bond motifs is 10. The summed E-state index contributed by atoms with van der Waals surface area (Å²) in [6.07, 6.45) is -14.2. The summed E-state index contributed by atoms with van der Waals surface area (Å²) in [5.74, 6) is 0. The first-order valence-corrected chi connectivity index (χ1v) is 21.8. The highest BCUT2D eigenvalue weighted by molar-refractivity contribution is 7.03. The lowest BCUT2D eigenvalue weighted by Crippen LogP contribution is -2.53. The average molecular weight is 892 g/mol. The molecule has 0 spiro atoms. The third kappa shape index (κ3) is 5.09. The van der Waals surface area contributed by atoms with Crippen LogP contribution in [0.1, 0.15) is 22.3 Å². The van der Waals surface area contributed by atoms with Crippen LogP contribution in [-0.2, 0) is 18.5 Å². The summed E-state index contributed by atoms with van der Waals surface area (Å²) in [4.78, 5) is 0. The second kappa shape index (κ2) is 12.6. The number of aryl methyl sites for hydroxylation is 1. The monoisotopic (exact) mass is 892 g/mol. The van der Waals surface area contributed by atoms with E-state index in [0.29, 0.717) is 38.6 Å². The lowest BCUT2D eigenvalue weighted by Gasteiger charge is -2.33. The van der Waals surface area contributed by atoms with Gasteiger partial charge in [-0.3, -0.25) is 0 Å². The van der Waals surface area contributed by atoms with Gasteiger partial charge in [-0.2, -0.15) is 39.5 Å². The van der Waals surface area contributed by atoms with E-state index in [1.54, 1.807) is 0 Å². The summed E-state index contributed by atoms with van der Waals surface area (Å²) in [5, 5.41) is 4.54. The van der Waals surface area contributed by atoms with E-state index in [0.717, 1.165) is 106 Å². The molecule has 0 nitrogen and oxygen atoms in total. The molecular weight excluding hydrogens is 865 g/mol. The van der Waals surface area contributed by atoms with E-state index in [-0.39, 0.29) is 16.7 Å². The fourth-order valence-corrected chi connectivity index (χ4v) is 12.3. The van der Waals surface area contributed by atoms with E-state index in [2.05, 4.69) is 12.1 Å². The molecule has 0 radical (unpaired) electrons. The fraction of sp³-hybridized carbons (Fsp3) is 0.0714. The van der Waals surface area contributed by atoms with Crippen LogP contribution < -0.4 is 32.8 Å². The topological polar surface area (TPSA) is 0 Å². The minimum Gasteiger partial charge on any atom is -0.166 e. The van der Waals surface area contributed by atoms with Gasteiger partial charge in [-0.15, -0.1) is 0 Å². The SMILES string of the molecule is Cc1ccc2c(c1)-c1cc(C(F)(F)F)cc3c1B2c1cc2c(-c4ccccc4)cc4c5c(cc6c(-c7ccccc7)cc-3c1c6c25)B1c2ccc(C(F)(F)F)cc2-c2cc(C(F)(F)F)cc-4c21. The molecule has 320 valence electrons. The van der Waals surface area contributed by atoms with Gasteiger partial charge in [0.15, 0.2) is 0 Å².